The molecule has 3 heterocycles. The molecular weight excluding hydrogens is 527 g/mol. The second-order valence-electron chi connectivity index (χ2n) is 12.4. The maximum Gasteiger partial charge on any atom is 0.227 e. The molecule has 0 bridgehead atoms. The molecule has 7 nitrogen and oxygen atoms in total. The molecule has 1 fully saturated rings. The molecule has 0 unspecified atom stereocenters. The normalized spacial score (nSPS) is 15.7. The van der Waals surface area contributed by atoms with Crippen molar-refractivity contribution in [2.24, 2.45) is 7.05 Å². The Labute approximate surface area is 241 Å². The van der Waals surface area contributed by atoms with E-state index in [2.05, 4.69) is 68.5 Å². The van der Waals surface area contributed by atoms with Gasteiger partial charge in [0.1, 0.15) is 5.52 Å². The Kier molecular flexibility index (Phi) is 7.19. The van der Waals surface area contributed by atoms with Crippen molar-refractivity contribution in [2.75, 3.05) is 36.5 Å². The number of anilines is 2. The van der Waals surface area contributed by atoms with Crippen molar-refractivity contribution < 1.29 is 9.13 Å². The molecule has 1 aliphatic heterocycles. The number of fused-ring (bicyclic) bond motifs is 1. The summed E-state index contributed by atoms with van der Waals surface area (Å²) in [6.07, 6.45) is 2.44. The standard InChI is InChI=1S/C31H38ClFN6O/c1-19-13-23(32)22(30(2,3)4)14-20(19)15-25-27-28(34-18-37(27)7)36-29(35-25)38-11-12-39(31(5,6)17-38)21-9-10-26(40-8)24(33)16-21/h9-10,13-14,16,18H,11-12,15,17H2,1-8H3. The van der Waals surface area contributed by atoms with Crippen LogP contribution < -0.4 is 14.5 Å². The lowest BCUT2D eigenvalue weighted by atomic mass is 9.84. The van der Waals surface area contributed by atoms with E-state index in [1.54, 1.807) is 18.5 Å². The van der Waals surface area contributed by atoms with Crippen molar-refractivity contribution in [1.29, 1.82) is 0 Å². The Hall–Kier alpha value is -3.39. The van der Waals surface area contributed by atoms with Gasteiger partial charge in [-0.25, -0.2) is 14.4 Å². The fourth-order valence-electron chi connectivity index (χ4n) is 5.68. The molecule has 2 aromatic carbocycles. The van der Waals surface area contributed by atoms with Crippen LogP contribution in [0.25, 0.3) is 11.2 Å². The monoisotopic (exact) mass is 564 g/mol. The molecule has 1 aliphatic rings. The summed E-state index contributed by atoms with van der Waals surface area (Å²) in [5, 5.41) is 0.791. The number of hydrogen-bond acceptors (Lipinski definition) is 6. The molecular formula is C31H38ClFN6O. The van der Waals surface area contributed by atoms with Crippen LogP contribution in [0.15, 0.2) is 36.7 Å². The van der Waals surface area contributed by atoms with Gasteiger partial charge in [0, 0.05) is 49.9 Å². The third kappa shape index (κ3) is 5.21. The van der Waals surface area contributed by atoms with Crippen molar-refractivity contribution in [1.82, 2.24) is 19.5 Å². The van der Waals surface area contributed by atoms with E-state index in [9.17, 15) is 4.39 Å². The Balaban J connectivity index is 1.49. The molecule has 0 spiro atoms. The van der Waals surface area contributed by atoms with E-state index in [1.807, 2.05) is 17.7 Å². The summed E-state index contributed by atoms with van der Waals surface area (Å²) in [6, 6.07) is 9.42. The largest absolute Gasteiger partial charge is 0.494 e. The van der Waals surface area contributed by atoms with E-state index < -0.39 is 0 Å². The fraction of sp³-hybridized carbons (Fsp3) is 0.452. The van der Waals surface area contributed by atoms with Gasteiger partial charge in [0.05, 0.1) is 24.7 Å². The molecule has 212 valence electrons. The molecule has 0 amide bonds. The summed E-state index contributed by atoms with van der Waals surface area (Å²) >= 11 is 6.65. The van der Waals surface area contributed by atoms with Gasteiger partial charge in [-0.2, -0.15) is 4.98 Å². The Morgan fingerprint density at radius 3 is 2.50 bits per heavy atom. The van der Waals surface area contributed by atoms with Gasteiger partial charge >= 0.3 is 0 Å². The second kappa shape index (κ2) is 10.2. The van der Waals surface area contributed by atoms with Gasteiger partial charge in [-0.15, -0.1) is 0 Å². The Morgan fingerprint density at radius 1 is 1.10 bits per heavy atom. The average Bonchev–Trinajstić information content (AvgIpc) is 3.25. The van der Waals surface area contributed by atoms with Crippen LogP contribution in [0.1, 0.15) is 57.0 Å². The van der Waals surface area contributed by atoms with Gasteiger partial charge < -0.3 is 19.1 Å². The van der Waals surface area contributed by atoms with E-state index in [1.165, 1.54) is 12.7 Å². The summed E-state index contributed by atoms with van der Waals surface area (Å²) in [5.74, 6) is 0.548. The van der Waals surface area contributed by atoms with Crippen LogP contribution in [-0.2, 0) is 18.9 Å². The lowest BCUT2D eigenvalue weighted by Gasteiger charge is -2.48. The van der Waals surface area contributed by atoms with Gasteiger partial charge in [-0.1, -0.05) is 38.4 Å². The van der Waals surface area contributed by atoms with Crippen LogP contribution in [0, 0.1) is 12.7 Å². The Morgan fingerprint density at radius 2 is 1.85 bits per heavy atom. The van der Waals surface area contributed by atoms with Crippen LogP contribution >= 0.6 is 11.6 Å². The maximum absolute atomic E-state index is 14.5. The first kappa shape index (κ1) is 28.1. The highest BCUT2D eigenvalue weighted by Crippen LogP contribution is 2.35. The minimum atomic E-state index is -0.362. The number of piperazine rings is 1. The summed E-state index contributed by atoms with van der Waals surface area (Å²) < 4.78 is 21.6. The number of aryl methyl sites for hydroxylation is 2. The van der Waals surface area contributed by atoms with Crippen molar-refractivity contribution >= 4 is 34.4 Å². The van der Waals surface area contributed by atoms with Gasteiger partial charge in [-0.3, -0.25) is 0 Å². The lowest BCUT2D eigenvalue weighted by Crippen LogP contribution is -2.60. The van der Waals surface area contributed by atoms with E-state index in [0.29, 0.717) is 37.7 Å². The van der Waals surface area contributed by atoms with Crippen LogP contribution in [-0.4, -0.2) is 51.8 Å². The number of rotatable bonds is 5. The summed E-state index contributed by atoms with van der Waals surface area (Å²) in [6.45, 7) is 15.0. The van der Waals surface area contributed by atoms with Crippen LogP contribution in [0.5, 0.6) is 5.75 Å². The van der Waals surface area contributed by atoms with Gasteiger partial charge in [0.15, 0.2) is 17.2 Å². The molecule has 4 aromatic rings. The number of methoxy groups -OCH3 is 1. The van der Waals surface area contributed by atoms with E-state index >= 15 is 0 Å². The zero-order valence-electron chi connectivity index (χ0n) is 24.6. The molecule has 0 aliphatic carbocycles. The van der Waals surface area contributed by atoms with Crippen LogP contribution in [0.4, 0.5) is 16.0 Å². The third-order valence-electron chi connectivity index (χ3n) is 7.86. The van der Waals surface area contributed by atoms with Crippen molar-refractivity contribution in [2.45, 2.75) is 58.9 Å². The van der Waals surface area contributed by atoms with E-state index in [0.717, 1.165) is 33.0 Å². The molecule has 1 saturated heterocycles. The number of aromatic nitrogens is 4. The number of ether oxygens (including phenoxy) is 1. The summed E-state index contributed by atoms with van der Waals surface area (Å²) in [7, 11) is 3.46. The average molecular weight is 565 g/mol. The predicted molar refractivity (Wildman–Crippen MR) is 161 cm³/mol. The number of hydrogen-bond donors (Lipinski definition) is 0. The molecule has 40 heavy (non-hydrogen) atoms. The highest BCUT2D eigenvalue weighted by molar-refractivity contribution is 6.31. The van der Waals surface area contributed by atoms with Crippen molar-refractivity contribution in [3.63, 3.8) is 0 Å². The molecule has 0 N–H and O–H groups in total. The first-order chi connectivity index (χ1) is 18.8. The highest BCUT2D eigenvalue weighted by Gasteiger charge is 2.36. The number of imidazole rings is 1. The Bertz CT molecular complexity index is 1570. The molecule has 2 aromatic heterocycles. The lowest BCUT2D eigenvalue weighted by molar-refractivity contribution is 0.384. The SMILES string of the molecule is COc1ccc(N2CCN(c3nc(Cc4cc(C(C)(C)C)c(Cl)cc4C)c4c(ncn4C)n3)CC2(C)C)cc1F. The topological polar surface area (TPSA) is 59.3 Å². The van der Waals surface area contributed by atoms with Crippen molar-refractivity contribution in [3.05, 3.63) is 69.9 Å². The fourth-order valence-corrected chi connectivity index (χ4v) is 6.18. The minimum Gasteiger partial charge on any atom is -0.494 e. The molecule has 0 radical (unpaired) electrons. The summed E-state index contributed by atoms with van der Waals surface area (Å²) in [4.78, 5) is 19.1. The van der Waals surface area contributed by atoms with Gasteiger partial charge in [0.25, 0.3) is 0 Å². The first-order valence-electron chi connectivity index (χ1n) is 13.6. The van der Waals surface area contributed by atoms with Gasteiger partial charge in [0.2, 0.25) is 5.95 Å². The molecule has 5 rings (SSSR count). The molecule has 0 saturated carbocycles. The van der Waals surface area contributed by atoms with Gasteiger partial charge in [-0.05, 0) is 61.1 Å². The second-order valence-corrected chi connectivity index (χ2v) is 12.8. The number of nitrogens with zero attached hydrogens (tertiary/aromatic N) is 6. The minimum absolute atomic E-state index is 0.0731. The van der Waals surface area contributed by atoms with E-state index in [-0.39, 0.29) is 22.5 Å². The zero-order chi connectivity index (χ0) is 29.0. The molecule has 0 atom stereocenters. The third-order valence-corrected chi connectivity index (χ3v) is 8.17. The van der Waals surface area contributed by atoms with E-state index in [4.69, 9.17) is 26.3 Å². The first-order valence-corrected chi connectivity index (χ1v) is 14.0. The van der Waals surface area contributed by atoms with Crippen LogP contribution in [0.3, 0.4) is 0 Å². The van der Waals surface area contributed by atoms with Crippen molar-refractivity contribution in [3.8, 4) is 5.75 Å². The number of halogens is 2. The highest BCUT2D eigenvalue weighted by atomic mass is 35.5. The van der Waals surface area contributed by atoms with Crippen LogP contribution in [0.2, 0.25) is 5.02 Å². The zero-order valence-corrected chi connectivity index (χ0v) is 25.4. The maximum atomic E-state index is 14.5. The summed E-state index contributed by atoms with van der Waals surface area (Å²) in [5.41, 5.74) is 6.46. The quantitative estimate of drug-likeness (QED) is 0.277. The molecule has 9 heteroatoms. The predicted octanol–water partition coefficient (Wildman–Crippen LogP) is 6.47. The smallest absolute Gasteiger partial charge is 0.227 e. The number of benzene rings is 2.